The molecule has 176 valence electrons. The molecule has 5 rings (SSSR count). The molecule has 0 bridgehead atoms. The third kappa shape index (κ3) is 4.91. The van der Waals surface area contributed by atoms with E-state index >= 15 is 0 Å². The van der Waals surface area contributed by atoms with Crippen LogP contribution in [0.15, 0.2) is 78.9 Å². The van der Waals surface area contributed by atoms with E-state index < -0.39 is 0 Å². The monoisotopic (exact) mass is 454 g/mol. The molecular formula is C29H34N4O. The average Bonchev–Trinajstić information content (AvgIpc) is 3.52. The molecule has 0 aliphatic carbocycles. The van der Waals surface area contributed by atoms with Gasteiger partial charge in [-0.25, -0.2) is 4.98 Å². The lowest BCUT2D eigenvalue weighted by Crippen LogP contribution is -2.43. The molecule has 0 radical (unpaired) electrons. The van der Waals surface area contributed by atoms with Crippen LogP contribution in [-0.4, -0.2) is 52.9 Å². The van der Waals surface area contributed by atoms with Gasteiger partial charge in [0.05, 0.1) is 5.69 Å². The predicted octanol–water partition coefficient (Wildman–Crippen LogP) is 4.59. The van der Waals surface area contributed by atoms with Crippen LogP contribution in [0.1, 0.15) is 65.0 Å². The zero-order valence-corrected chi connectivity index (χ0v) is 19.9. The Morgan fingerprint density at radius 2 is 1.62 bits per heavy atom. The maximum atomic E-state index is 13.7. The number of nitrogens with zero attached hydrogens (tertiary/aromatic N) is 3. The number of likely N-dealkylation sites (tertiary alicyclic amines) is 2. The lowest BCUT2D eigenvalue weighted by atomic mass is 9.96. The first-order chi connectivity index (χ1) is 16.6. The molecule has 5 heteroatoms. The summed E-state index contributed by atoms with van der Waals surface area (Å²) >= 11 is 0. The van der Waals surface area contributed by atoms with Crippen molar-refractivity contribution in [2.45, 2.75) is 43.7 Å². The summed E-state index contributed by atoms with van der Waals surface area (Å²) in [6, 6.07) is 27.0. The Bertz CT molecular complexity index is 1100. The predicted molar refractivity (Wildman–Crippen MR) is 136 cm³/mol. The number of pyridine rings is 1. The molecule has 2 aromatic carbocycles. The second-order valence-electron chi connectivity index (χ2n) is 9.85. The number of carbonyl (C=O) groups is 1. The molecule has 1 amide bonds. The van der Waals surface area contributed by atoms with Crippen LogP contribution in [-0.2, 0) is 0 Å². The van der Waals surface area contributed by atoms with Crippen molar-refractivity contribution in [1.82, 2.24) is 14.8 Å². The summed E-state index contributed by atoms with van der Waals surface area (Å²) in [5, 5.41) is 0. The normalized spacial score (nSPS) is 23.8. The second-order valence-corrected chi connectivity index (χ2v) is 9.85. The molecule has 0 saturated carbocycles. The zero-order chi connectivity index (χ0) is 23.5. The Labute approximate surface area is 202 Å². The van der Waals surface area contributed by atoms with E-state index in [2.05, 4.69) is 75.4 Å². The molecule has 3 heterocycles. The first kappa shape index (κ1) is 22.8. The van der Waals surface area contributed by atoms with Crippen molar-refractivity contribution >= 4 is 5.91 Å². The highest BCUT2D eigenvalue weighted by Crippen LogP contribution is 2.35. The van der Waals surface area contributed by atoms with Crippen LogP contribution < -0.4 is 5.73 Å². The molecule has 0 spiro atoms. The topological polar surface area (TPSA) is 62.5 Å². The van der Waals surface area contributed by atoms with Crippen molar-refractivity contribution in [3.8, 4) is 0 Å². The molecule has 2 aliphatic heterocycles. The van der Waals surface area contributed by atoms with Crippen molar-refractivity contribution < 1.29 is 4.79 Å². The van der Waals surface area contributed by atoms with Crippen molar-refractivity contribution in [2.24, 2.45) is 5.73 Å². The largest absolute Gasteiger partial charge is 0.332 e. The molecule has 2 aliphatic rings. The lowest BCUT2D eigenvalue weighted by molar-refractivity contribution is 0.0701. The number of hydrogen-bond donors (Lipinski definition) is 1. The third-order valence-corrected chi connectivity index (χ3v) is 7.41. The number of aromatic nitrogens is 1. The van der Waals surface area contributed by atoms with Gasteiger partial charge in [0, 0.05) is 37.6 Å². The van der Waals surface area contributed by atoms with E-state index in [9.17, 15) is 4.79 Å². The SMILES string of the molecule is CC(N)c1cccc(C(=O)N2C[C@@H](c3ccccc3)C[C@H]2CN2CCC(c3ccccc3)C2)n1. The molecule has 34 heavy (non-hydrogen) atoms. The van der Waals surface area contributed by atoms with Crippen LogP contribution in [0.25, 0.3) is 0 Å². The standard InChI is InChI=1S/C29H34N4O/c1-21(30)27-13-8-14-28(31-27)29(34)33-19-25(23-11-6-3-7-12-23)17-26(33)20-32-16-15-24(18-32)22-9-4-2-5-10-22/h2-14,21,24-26H,15-20,30H2,1H3/t21?,24?,25-,26-/m0/s1. The van der Waals surface area contributed by atoms with E-state index in [0.717, 1.165) is 38.3 Å². The summed E-state index contributed by atoms with van der Waals surface area (Å²) in [5.41, 5.74) is 10.0. The maximum Gasteiger partial charge on any atom is 0.272 e. The first-order valence-electron chi connectivity index (χ1n) is 12.4. The Morgan fingerprint density at radius 3 is 2.29 bits per heavy atom. The molecule has 1 aromatic heterocycles. The smallest absolute Gasteiger partial charge is 0.272 e. The quantitative estimate of drug-likeness (QED) is 0.592. The number of nitrogens with two attached hydrogens (primary N) is 1. The molecule has 2 fully saturated rings. The molecule has 2 saturated heterocycles. The van der Waals surface area contributed by atoms with E-state index in [1.54, 1.807) is 0 Å². The Balaban J connectivity index is 1.35. The zero-order valence-electron chi connectivity index (χ0n) is 19.9. The van der Waals surface area contributed by atoms with Gasteiger partial charge in [0.15, 0.2) is 0 Å². The highest BCUT2D eigenvalue weighted by Gasteiger charge is 2.38. The van der Waals surface area contributed by atoms with Crippen molar-refractivity contribution in [2.75, 3.05) is 26.2 Å². The van der Waals surface area contributed by atoms with Gasteiger partial charge in [-0.2, -0.15) is 0 Å². The number of rotatable bonds is 6. The van der Waals surface area contributed by atoms with Gasteiger partial charge in [0.1, 0.15) is 5.69 Å². The first-order valence-corrected chi connectivity index (χ1v) is 12.4. The number of hydrogen-bond acceptors (Lipinski definition) is 4. The Hall–Kier alpha value is -3.02. The number of carbonyl (C=O) groups excluding carboxylic acids is 1. The maximum absolute atomic E-state index is 13.7. The fourth-order valence-electron chi connectivity index (χ4n) is 5.57. The van der Waals surface area contributed by atoms with Gasteiger partial charge in [0.25, 0.3) is 5.91 Å². The van der Waals surface area contributed by atoms with Crippen LogP contribution in [0.4, 0.5) is 0 Å². The molecule has 4 atom stereocenters. The summed E-state index contributed by atoms with van der Waals surface area (Å²) < 4.78 is 0. The number of amides is 1. The highest BCUT2D eigenvalue weighted by molar-refractivity contribution is 5.93. The van der Waals surface area contributed by atoms with Gasteiger partial charge in [0.2, 0.25) is 0 Å². The van der Waals surface area contributed by atoms with E-state index in [1.165, 1.54) is 17.5 Å². The summed E-state index contributed by atoms with van der Waals surface area (Å²) in [7, 11) is 0. The summed E-state index contributed by atoms with van der Waals surface area (Å²) in [6.07, 6.45) is 2.15. The van der Waals surface area contributed by atoms with Crippen LogP contribution in [0.2, 0.25) is 0 Å². The summed E-state index contributed by atoms with van der Waals surface area (Å²) in [5.74, 6) is 0.935. The average molecular weight is 455 g/mol. The van der Waals surface area contributed by atoms with Crippen LogP contribution in [0.5, 0.6) is 0 Å². The third-order valence-electron chi connectivity index (χ3n) is 7.41. The van der Waals surface area contributed by atoms with Gasteiger partial charge >= 0.3 is 0 Å². The van der Waals surface area contributed by atoms with E-state index in [4.69, 9.17) is 5.73 Å². The minimum absolute atomic E-state index is 0.0183. The van der Waals surface area contributed by atoms with Gasteiger partial charge in [-0.1, -0.05) is 66.7 Å². The lowest BCUT2D eigenvalue weighted by Gasteiger charge is -2.28. The van der Waals surface area contributed by atoms with E-state index in [0.29, 0.717) is 17.5 Å². The fourth-order valence-corrected chi connectivity index (χ4v) is 5.57. The molecule has 2 N–H and O–H groups in total. The van der Waals surface area contributed by atoms with Crippen LogP contribution in [0, 0.1) is 0 Å². The van der Waals surface area contributed by atoms with E-state index in [1.807, 2.05) is 25.1 Å². The van der Waals surface area contributed by atoms with Crippen LogP contribution in [0.3, 0.4) is 0 Å². The van der Waals surface area contributed by atoms with Gasteiger partial charge < -0.3 is 15.5 Å². The minimum atomic E-state index is -0.196. The fraction of sp³-hybridized carbons (Fsp3) is 0.379. The van der Waals surface area contributed by atoms with Crippen molar-refractivity contribution in [3.05, 3.63) is 101 Å². The number of benzene rings is 2. The highest BCUT2D eigenvalue weighted by atomic mass is 16.2. The van der Waals surface area contributed by atoms with Crippen LogP contribution >= 0.6 is 0 Å². The van der Waals surface area contributed by atoms with Gasteiger partial charge in [-0.05, 0) is 55.5 Å². The molecule has 2 unspecified atom stereocenters. The Kier molecular flexibility index (Phi) is 6.75. The van der Waals surface area contributed by atoms with Gasteiger partial charge in [-0.3, -0.25) is 4.79 Å². The van der Waals surface area contributed by atoms with Crippen molar-refractivity contribution in [3.63, 3.8) is 0 Å². The van der Waals surface area contributed by atoms with Gasteiger partial charge in [-0.15, -0.1) is 0 Å². The molecule has 3 aromatic rings. The van der Waals surface area contributed by atoms with E-state index in [-0.39, 0.29) is 18.0 Å². The Morgan fingerprint density at radius 1 is 0.941 bits per heavy atom. The minimum Gasteiger partial charge on any atom is -0.332 e. The van der Waals surface area contributed by atoms with Crippen molar-refractivity contribution in [1.29, 1.82) is 0 Å². The molecular weight excluding hydrogens is 420 g/mol. The summed E-state index contributed by atoms with van der Waals surface area (Å²) in [6.45, 7) is 5.67. The summed E-state index contributed by atoms with van der Waals surface area (Å²) in [4.78, 5) is 22.9. The molecule has 5 nitrogen and oxygen atoms in total. The second kappa shape index (κ2) is 10.1.